The minimum atomic E-state index is -1.75. The smallest absolute Gasteiger partial charge is 0.228 e. The summed E-state index contributed by atoms with van der Waals surface area (Å²) >= 11 is 0. The Bertz CT molecular complexity index is 673. The third-order valence-corrected chi connectivity index (χ3v) is 4.99. The Balaban J connectivity index is 2.22. The lowest BCUT2D eigenvalue weighted by Crippen LogP contribution is -2.54. The van der Waals surface area contributed by atoms with E-state index in [9.17, 15) is 19.5 Å². The van der Waals surface area contributed by atoms with E-state index in [0.717, 1.165) is 6.42 Å². The second kappa shape index (κ2) is 8.31. The average Bonchev–Trinajstić information content (AvgIpc) is 2.65. The highest BCUT2D eigenvalue weighted by Crippen LogP contribution is 2.37. The molecule has 0 saturated heterocycles. The first-order valence-electron chi connectivity index (χ1n) is 8.74. The Labute approximate surface area is 153 Å². The van der Waals surface area contributed by atoms with Crippen LogP contribution in [0.1, 0.15) is 42.5 Å². The number of nitrogens with two attached hydrogens (primary N) is 1. The summed E-state index contributed by atoms with van der Waals surface area (Å²) < 4.78 is 5.08. The van der Waals surface area contributed by atoms with Gasteiger partial charge in [0.1, 0.15) is 11.4 Å². The largest absolute Gasteiger partial charge is 0.497 e. The maximum absolute atomic E-state index is 13.0. The fourth-order valence-corrected chi connectivity index (χ4v) is 3.40. The predicted molar refractivity (Wildman–Crippen MR) is 95.7 cm³/mol. The summed E-state index contributed by atoms with van der Waals surface area (Å²) in [6.07, 6.45) is 2.14. The van der Waals surface area contributed by atoms with Crippen LogP contribution in [0.5, 0.6) is 5.75 Å². The summed E-state index contributed by atoms with van der Waals surface area (Å²) in [6, 6.07) is 6.47. The highest BCUT2D eigenvalue weighted by atomic mass is 16.5. The third kappa shape index (κ3) is 4.22. The normalized spacial score (nSPS) is 22.5. The number of ketones is 1. The summed E-state index contributed by atoms with van der Waals surface area (Å²) in [5.41, 5.74) is 3.73. The van der Waals surface area contributed by atoms with E-state index in [2.05, 4.69) is 0 Å². The molecule has 1 saturated carbocycles. The molecule has 0 radical (unpaired) electrons. The van der Waals surface area contributed by atoms with Gasteiger partial charge in [-0.1, -0.05) is 12.8 Å². The van der Waals surface area contributed by atoms with Crippen LogP contribution in [0.25, 0.3) is 0 Å². The van der Waals surface area contributed by atoms with E-state index in [4.69, 9.17) is 10.5 Å². The monoisotopic (exact) mass is 362 g/mol. The summed E-state index contributed by atoms with van der Waals surface area (Å²) in [7, 11) is 3.08. The lowest BCUT2D eigenvalue weighted by Gasteiger charge is -2.39. The number of aliphatic hydroxyl groups is 1. The lowest BCUT2D eigenvalue weighted by atomic mass is 9.71. The number of rotatable bonds is 7. The molecule has 0 heterocycles. The van der Waals surface area contributed by atoms with Crippen LogP contribution in [0.4, 0.5) is 0 Å². The van der Waals surface area contributed by atoms with Crippen molar-refractivity contribution >= 4 is 17.6 Å². The maximum atomic E-state index is 13.0. The zero-order valence-electron chi connectivity index (χ0n) is 15.2. The van der Waals surface area contributed by atoms with E-state index < -0.39 is 23.2 Å². The summed E-state index contributed by atoms with van der Waals surface area (Å²) in [5.74, 6) is -1.52. The minimum absolute atomic E-state index is 0.0415. The van der Waals surface area contributed by atoms with E-state index >= 15 is 0 Å². The first-order chi connectivity index (χ1) is 12.3. The molecule has 26 heavy (non-hydrogen) atoms. The van der Waals surface area contributed by atoms with Gasteiger partial charge in [-0.05, 0) is 37.1 Å². The highest BCUT2D eigenvalue weighted by Gasteiger charge is 2.49. The first-order valence-corrected chi connectivity index (χ1v) is 8.74. The first kappa shape index (κ1) is 19.9. The van der Waals surface area contributed by atoms with Crippen LogP contribution in [0.3, 0.4) is 0 Å². The van der Waals surface area contributed by atoms with Gasteiger partial charge in [0.2, 0.25) is 11.8 Å². The van der Waals surface area contributed by atoms with Crippen LogP contribution >= 0.6 is 0 Å². The molecule has 1 fully saturated rings. The molecule has 2 rings (SSSR count). The molecule has 7 heteroatoms. The van der Waals surface area contributed by atoms with Crippen LogP contribution in [-0.4, -0.2) is 53.9 Å². The average molecular weight is 362 g/mol. The van der Waals surface area contributed by atoms with Crippen molar-refractivity contribution in [3.63, 3.8) is 0 Å². The van der Waals surface area contributed by atoms with Crippen molar-refractivity contribution in [3.05, 3.63) is 29.8 Å². The zero-order chi connectivity index (χ0) is 19.3. The van der Waals surface area contributed by atoms with Gasteiger partial charge < -0.3 is 20.5 Å². The standard InChI is InChI=1S/C19H26N2O5/c1-21(12-10-16(20)22)18(24)15-5-3-4-11-19(15,25)17(23)13-6-8-14(26-2)9-7-13/h6-9,15,25H,3-5,10-12H2,1-2H3,(H2,20,22). The lowest BCUT2D eigenvalue weighted by molar-refractivity contribution is -0.144. The van der Waals surface area contributed by atoms with E-state index in [-0.39, 0.29) is 25.3 Å². The Kier molecular flexibility index (Phi) is 6.37. The van der Waals surface area contributed by atoms with Gasteiger partial charge >= 0.3 is 0 Å². The Morgan fingerprint density at radius 3 is 2.50 bits per heavy atom. The molecule has 1 aliphatic rings. The van der Waals surface area contributed by atoms with Crippen molar-refractivity contribution in [2.24, 2.45) is 11.7 Å². The number of Topliss-reactive ketones (excluding diaryl/α,β-unsaturated/α-hetero) is 1. The number of amides is 2. The van der Waals surface area contributed by atoms with Crippen LogP contribution in [0.15, 0.2) is 24.3 Å². The molecule has 0 bridgehead atoms. The number of nitrogens with zero attached hydrogens (tertiary/aromatic N) is 1. The summed E-state index contributed by atoms with van der Waals surface area (Å²) in [6.45, 7) is 0.164. The predicted octanol–water partition coefficient (Wildman–Crippen LogP) is 1.13. The molecule has 1 aliphatic carbocycles. The molecule has 7 nitrogen and oxygen atoms in total. The topological polar surface area (TPSA) is 110 Å². The number of carbonyl (C=O) groups is 3. The number of methoxy groups -OCH3 is 1. The molecule has 1 aromatic carbocycles. The van der Waals surface area contributed by atoms with Crippen LogP contribution in [0, 0.1) is 5.92 Å². The van der Waals surface area contributed by atoms with E-state index in [1.807, 2.05) is 0 Å². The van der Waals surface area contributed by atoms with Crippen molar-refractivity contribution in [2.45, 2.75) is 37.7 Å². The van der Waals surface area contributed by atoms with Crippen molar-refractivity contribution in [1.82, 2.24) is 4.90 Å². The number of carbonyl (C=O) groups excluding carboxylic acids is 3. The van der Waals surface area contributed by atoms with Crippen molar-refractivity contribution in [3.8, 4) is 5.75 Å². The molecule has 1 aromatic rings. The number of primary amides is 1. The Morgan fingerprint density at radius 1 is 1.27 bits per heavy atom. The van der Waals surface area contributed by atoms with Crippen molar-refractivity contribution < 1.29 is 24.2 Å². The molecule has 2 amide bonds. The molecular formula is C19H26N2O5. The molecule has 2 unspecified atom stereocenters. The van der Waals surface area contributed by atoms with Gasteiger partial charge in [0.05, 0.1) is 13.0 Å². The molecule has 0 aliphatic heterocycles. The van der Waals surface area contributed by atoms with Gasteiger partial charge in [0, 0.05) is 25.6 Å². The highest BCUT2D eigenvalue weighted by molar-refractivity contribution is 6.05. The van der Waals surface area contributed by atoms with Gasteiger partial charge in [-0.2, -0.15) is 0 Å². The summed E-state index contributed by atoms with van der Waals surface area (Å²) in [5, 5.41) is 11.2. The molecular weight excluding hydrogens is 336 g/mol. The van der Waals surface area contributed by atoms with Crippen LogP contribution in [0.2, 0.25) is 0 Å². The zero-order valence-corrected chi connectivity index (χ0v) is 15.2. The van der Waals surface area contributed by atoms with Gasteiger partial charge in [-0.15, -0.1) is 0 Å². The van der Waals surface area contributed by atoms with Crippen molar-refractivity contribution in [2.75, 3.05) is 20.7 Å². The number of ether oxygens (including phenoxy) is 1. The quantitative estimate of drug-likeness (QED) is 0.707. The molecule has 0 spiro atoms. The number of hydrogen-bond donors (Lipinski definition) is 2. The van der Waals surface area contributed by atoms with E-state index in [0.29, 0.717) is 24.2 Å². The van der Waals surface area contributed by atoms with Gasteiger partial charge in [-0.3, -0.25) is 14.4 Å². The maximum Gasteiger partial charge on any atom is 0.228 e. The fourth-order valence-electron chi connectivity index (χ4n) is 3.40. The second-order valence-corrected chi connectivity index (χ2v) is 6.76. The molecule has 0 aromatic heterocycles. The Morgan fingerprint density at radius 2 is 1.92 bits per heavy atom. The van der Waals surface area contributed by atoms with E-state index in [1.54, 1.807) is 31.3 Å². The van der Waals surface area contributed by atoms with Gasteiger partial charge in [0.25, 0.3) is 0 Å². The second-order valence-electron chi connectivity index (χ2n) is 6.76. The van der Waals surface area contributed by atoms with Crippen molar-refractivity contribution in [1.29, 1.82) is 0 Å². The third-order valence-electron chi connectivity index (χ3n) is 4.99. The SMILES string of the molecule is COc1ccc(C(=O)C2(O)CCCCC2C(=O)N(C)CCC(N)=O)cc1. The van der Waals surface area contributed by atoms with Crippen LogP contribution < -0.4 is 10.5 Å². The van der Waals surface area contributed by atoms with E-state index in [1.165, 1.54) is 12.0 Å². The minimum Gasteiger partial charge on any atom is -0.497 e. The van der Waals surface area contributed by atoms with Gasteiger partial charge in [-0.25, -0.2) is 0 Å². The molecule has 2 atom stereocenters. The fraction of sp³-hybridized carbons (Fsp3) is 0.526. The summed E-state index contributed by atoms with van der Waals surface area (Å²) in [4.78, 5) is 38.1. The molecule has 142 valence electrons. The Hall–Kier alpha value is -2.41. The van der Waals surface area contributed by atoms with Gasteiger partial charge in [0.15, 0.2) is 5.78 Å². The number of hydrogen-bond acceptors (Lipinski definition) is 5. The molecule has 3 N–H and O–H groups in total. The van der Waals surface area contributed by atoms with Crippen LogP contribution in [-0.2, 0) is 9.59 Å². The number of benzene rings is 1.